The maximum atomic E-state index is 12.8. The molecule has 2 aromatic carbocycles. The summed E-state index contributed by atoms with van der Waals surface area (Å²) in [4.78, 5) is 10.2. The number of benzene rings is 2. The van der Waals surface area contributed by atoms with Crippen molar-refractivity contribution in [2.24, 2.45) is 0 Å². The first-order valence-corrected chi connectivity index (χ1v) is 8.83. The van der Waals surface area contributed by atoms with Crippen LogP contribution >= 0.6 is 0 Å². The number of nitrogens with zero attached hydrogens (tertiary/aromatic N) is 2. The summed E-state index contributed by atoms with van der Waals surface area (Å²) in [6.07, 6.45) is 0. The molecule has 8 heteroatoms. The smallest absolute Gasteiger partial charge is 0.289 e. The van der Waals surface area contributed by atoms with E-state index in [1.54, 1.807) is 12.1 Å². The highest BCUT2D eigenvalue weighted by Crippen LogP contribution is 2.29. The maximum Gasteiger partial charge on any atom is 0.289 e. The quantitative estimate of drug-likeness (QED) is 0.613. The third-order valence-corrected chi connectivity index (χ3v) is 5.31. The van der Waals surface area contributed by atoms with Gasteiger partial charge in [0.05, 0.1) is 4.92 Å². The number of nitro benzene ring substituents is 1. The molecule has 0 fully saturated rings. The van der Waals surface area contributed by atoms with E-state index in [0.717, 1.165) is 9.87 Å². The molecule has 0 spiro atoms. The van der Waals surface area contributed by atoms with Gasteiger partial charge in [0.25, 0.3) is 5.69 Å². The Hall–Kier alpha value is -2.45. The topological polar surface area (TPSA) is 92.5 Å². The molecular weight excluding hydrogens is 330 g/mol. The molecule has 128 valence electrons. The van der Waals surface area contributed by atoms with E-state index in [-0.39, 0.29) is 11.4 Å². The van der Waals surface area contributed by atoms with Gasteiger partial charge < -0.3 is 5.32 Å². The third-order valence-electron chi connectivity index (χ3n) is 3.47. The van der Waals surface area contributed by atoms with Crippen LogP contribution in [-0.4, -0.2) is 31.2 Å². The second-order valence-electron chi connectivity index (χ2n) is 5.22. The predicted molar refractivity (Wildman–Crippen MR) is 92.4 cm³/mol. The molecule has 0 atom stereocenters. The molecule has 0 aliphatic carbocycles. The molecule has 0 aliphatic rings. The zero-order valence-electron chi connectivity index (χ0n) is 13.5. The highest BCUT2D eigenvalue weighted by atomic mass is 32.2. The normalized spacial score (nSPS) is 11.5. The van der Waals surface area contributed by atoms with Crippen molar-refractivity contribution < 1.29 is 13.3 Å². The molecule has 0 saturated heterocycles. The van der Waals surface area contributed by atoms with E-state index in [9.17, 15) is 18.5 Å². The Labute approximate surface area is 141 Å². The van der Waals surface area contributed by atoms with Crippen LogP contribution in [0.2, 0.25) is 0 Å². The van der Waals surface area contributed by atoms with Crippen LogP contribution in [0, 0.1) is 10.1 Å². The molecule has 0 heterocycles. The van der Waals surface area contributed by atoms with Gasteiger partial charge in [0, 0.05) is 31.9 Å². The Morgan fingerprint density at radius 2 is 1.83 bits per heavy atom. The van der Waals surface area contributed by atoms with Gasteiger partial charge in [-0.05, 0) is 24.6 Å². The molecule has 0 radical (unpaired) electrons. The molecule has 0 saturated carbocycles. The standard InChI is InChI=1S/C16H19N3O4S/c1-3-17-14-9-10-15(19(20)21)16(11-14)24(22,23)18(2)12-13-7-5-4-6-8-13/h4-11,17H,3,12H2,1-2H3. The van der Waals surface area contributed by atoms with Crippen LogP contribution in [0.25, 0.3) is 0 Å². The Morgan fingerprint density at radius 3 is 2.42 bits per heavy atom. The van der Waals surface area contributed by atoms with Crippen LogP contribution in [0.5, 0.6) is 0 Å². The number of nitro groups is 1. The fraction of sp³-hybridized carbons (Fsp3) is 0.250. The molecule has 0 amide bonds. The van der Waals surface area contributed by atoms with E-state index in [1.807, 2.05) is 25.1 Å². The Balaban J connectivity index is 2.43. The molecule has 0 aromatic heterocycles. The van der Waals surface area contributed by atoms with E-state index in [0.29, 0.717) is 12.2 Å². The first kappa shape index (κ1) is 17.9. The minimum Gasteiger partial charge on any atom is -0.385 e. The molecule has 2 rings (SSSR count). The minimum atomic E-state index is -4.00. The van der Waals surface area contributed by atoms with E-state index in [4.69, 9.17) is 0 Å². The Morgan fingerprint density at radius 1 is 1.17 bits per heavy atom. The molecule has 0 unspecified atom stereocenters. The summed E-state index contributed by atoms with van der Waals surface area (Å²) in [7, 11) is -2.59. The summed E-state index contributed by atoms with van der Waals surface area (Å²) < 4.78 is 26.7. The van der Waals surface area contributed by atoms with Crippen molar-refractivity contribution in [1.82, 2.24) is 4.31 Å². The second-order valence-corrected chi connectivity index (χ2v) is 7.23. The van der Waals surface area contributed by atoms with Crippen molar-refractivity contribution in [3.63, 3.8) is 0 Å². The van der Waals surface area contributed by atoms with Crippen LogP contribution in [0.3, 0.4) is 0 Å². The lowest BCUT2D eigenvalue weighted by Crippen LogP contribution is -2.27. The van der Waals surface area contributed by atoms with Gasteiger partial charge in [-0.2, -0.15) is 4.31 Å². The fourth-order valence-corrected chi connectivity index (χ4v) is 3.62. The van der Waals surface area contributed by atoms with E-state index in [1.165, 1.54) is 25.2 Å². The van der Waals surface area contributed by atoms with E-state index < -0.39 is 20.6 Å². The summed E-state index contributed by atoms with van der Waals surface area (Å²) in [5.41, 5.74) is 0.889. The Bertz CT molecular complexity index is 822. The molecule has 0 bridgehead atoms. The van der Waals surface area contributed by atoms with Crippen LogP contribution in [0.1, 0.15) is 12.5 Å². The summed E-state index contributed by atoms with van der Waals surface area (Å²) in [5.74, 6) is 0. The lowest BCUT2D eigenvalue weighted by atomic mass is 10.2. The van der Waals surface area contributed by atoms with E-state index >= 15 is 0 Å². The highest BCUT2D eigenvalue weighted by molar-refractivity contribution is 7.89. The first-order valence-electron chi connectivity index (χ1n) is 7.39. The SMILES string of the molecule is CCNc1ccc([N+](=O)[O-])c(S(=O)(=O)N(C)Cc2ccccc2)c1. The largest absolute Gasteiger partial charge is 0.385 e. The molecule has 1 N–H and O–H groups in total. The number of hydrogen-bond acceptors (Lipinski definition) is 5. The van der Waals surface area contributed by atoms with Crippen LogP contribution in [0.4, 0.5) is 11.4 Å². The average Bonchev–Trinajstić information content (AvgIpc) is 2.55. The van der Waals surface area contributed by atoms with Crippen molar-refractivity contribution in [1.29, 1.82) is 0 Å². The van der Waals surface area contributed by atoms with E-state index in [2.05, 4.69) is 5.32 Å². The van der Waals surface area contributed by atoms with Gasteiger partial charge in [-0.15, -0.1) is 0 Å². The molecular formula is C16H19N3O4S. The lowest BCUT2D eigenvalue weighted by Gasteiger charge is -2.18. The molecule has 2 aromatic rings. The number of sulfonamides is 1. The summed E-state index contributed by atoms with van der Waals surface area (Å²) in [5, 5.41) is 14.2. The van der Waals surface area contributed by atoms with Crippen LogP contribution in [0.15, 0.2) is 53.4 Å². The van der Waals surface area contributed by atoms with Gasteiger partial charge in [-0.3, -0.25) is 10.1 Å². The summed E-state index contributed by atoms with van der Waals surface area (Å²) in [6.45, 7) is 2.57. The third kappa shape index (κ3) is 3.90. The summed E-state index contributed by atoms with van der Waals surface area (Å²) >= 11 is 0. The first-order chi connectivity index (χ1) is 11.4. The maximum absolute atomic E-state index is 12.8. The molecule has 7 nitrogen and oxygen atoms in total. The van der Waals surface area contributed by atoms with Gasteiger partial charge in [0.2, 0.25) is 10.0 Å². The van der Waals surface area contributed by atoms with Gasteiger partial charge in [-0.1, -0.05) is 30.3 Å². The summed E-state index contributed by atoms with van der Waals surface area (Å²) in [6, 6.07) is 13.1. The van der Waals surface area contributed by atoms with Crippen LogP contribution in [-0.2, 0) is 16.6 Å². The fourth-order valence-electron chi connectivity index (χ4n) is 2.28. The highest BCUT2D eigenvalue weighted by Gasteiger charge is 2.30. The number of nitrogens with one attached hydrogen (secondary N) is 1. The number of rotatable bonds is 7. The van der Waals surface area contributed by atoms with Gasteiger partial charge >= 0.3 is 0 Å². The Kier molecular flexibility index (Phi) is 5.53. The lowest BCUT2D eigenvalue weighted by molar-refractivity contribution is -0.387. The minimum absolute atomic E-state index is 0.131. The number of hydrogen-bond donors (Lipinski definition) is 1. The number of anilines is 1. The van der Waals surface area contributed by atoms with Gasteiger partial charge in [0.15, 0.2) is 4.90 Å². The van der Waals surface area contributed by atoms with Crippen molar-refractivity contribution >= 4 is 21.4 Å². The predicted octanol–water partition coefficient (Wildman–Crippen LogP) is 2.85. The average molecular weight is 349 g/mol. The van der Waals surface area contributed by atoms with Gasteiger partial charge in [-0.25, -0.2) is 8.42 Å². The molecule has 0 aliphatic heterocycles. The van der Waals surface area contributed by atoms with Crippen LogP contribution < -0.4 is 5.32 Å². The molecule has 24 heavy (non-hydrogen) atoms. The monoisotopic (exact) mass is 349 g/mol. The van der Waals surface area contributed by atoms with Crippen molar-refractivity contribution in [3.05, 3.63) is 64.2 Å². The van der Waals surface area contributed by atoms with Crippen molar-refractivity contribution in [2.45, 2.75) is 18.4 Å². The zero-order chi connectivity index (χ0) is 17.7. The van der Waals surface area contributed by atoms with Gasteiger partial charge in [0.1, 0.15) is 0 Å². The van der Waals surface area contributed by atoms with Crippen molar-refractivity contribution in [3.8, 4) is 0 Å². The zero-order valence-corrected chi connectivity index (χ0v) is 14.3. The second kappa shape index (κ2) is 7.41. The van der Waals surface area contributed by atoms with Crippen molar-refractivity contribution in [2.75, 3.05) is 18.9 Å².